The lowest BCUT2D eigenvalue weighted by atomic mass is 10.2. The highest BCUT2D eigenvalue weighted by Crippen LogP contribution is 2.10. The van der Waals surface area contributed by atoms with Crippen LogP contribution in [0.4, 0.5) is 4.39 Å². The number of hydrogen-bond donors (Lipinski definition) is 2. The minimum absolute atomic E-state index is 0.156. The van der Waals surface area contributed by atoms with Crippen LogP contribution in [0.15, 0.2) is 53.4 Å². The molecule has 0 atom stereocenters. The van der Waals surface area contributed by atoms with Crippen molar-refractivity contribution in [2.24, 2.45) is 0 Å². The van der Waals surface area contributed by atoms with Crippen LogP contribution in [0.25, 0.3) is 0 Å². The van der Waals surface area contributed by atoms with E-state index in [9.17, 15) is 17.6 Å². The predicted octanol–water partition coefficient (Wildman–Crippen LogP) is 1.32. The van der Waals surface area contributed by atoms with Crippen molar-refractivity contribution < 1.29 is 17.6 Å². The van der Waals surface area contributed by atoms with Crippen molar-refractivity contribution in [2.75, 3.05) is 0 Å². The molecule has 0 aliphatic heterocycles. The van der Waals surface area contributed by atoms with Gasteiger partial charge in [-0.15, -0.1) is 4.83 Å². The van der Waals surface area contributed by atoms with Gasteiger partial charge in [-0.1, -0.05) is 18.2 Å². The third kappa shape index (κ3) is 3.46. The lowest BCUT2D eigenvalue weighted by molar-refractivity contribution is 0.0941. The molecule has 0 aliphatic carbocycles. The first-order chi connectivity index (χ1) is 10.4. The molecule has 0 aromatic heterocycles. The van der Waals surface area contributed by atoms with Crippen molar-refractivity contribution in [1.82, 2.24) is 10.3 Å². The molecule has 2 rings (SSSR count). The van der Waals surface area contributed by atoms with Crippen molar-refractivity contribution in [3.05, 3.63) is 65.5 Å². The van der Waals surface area contributed by atoms with Crippen LogP contribution in [0.1, 0.15) is 15.9 Å². The van der Waals surface area contributed by atoms with Crippen molar-refractivity contribution in [3.63, 3.8) is 0 Å². The van der Waals surface area contributed by atoms with Gasteiger partial charge in [-0.3, -0.25) is 10.2 Å². The quantitative estimate of drug-likeness (QED) is 0.830. The van der Waals surface area contributed by atoms with E-state index in [1.165, 1.54) is 36.4 Å². The van der Waals surface area contributed by atoms with Crippen LogP contribution in [-0.2, 0) is 10.0 Å². The fourth-order valence-corrected chi connectivity index (χ4v) is 2.50. The van der Waals surface area contributed by atoms with Crippen molar-refractivity contribution in [2.45, 2.75) is 4.90 Å². The Kier molecular flexibility index (Phi) is 4.50. The lowest BCUT2D eigenvalue weighted by Gasteiger charge is -2.09. The predicted molar refractivity (Wildman–Crippen MR) is 75.3 cm³/mol. The van der Waals surface area contributed by atoms with E-state index in [0.717, 1.165) is 12.1 Å². The first kappa shape index (κ1) is 15.6. The highest BCUT2D eigenvalue weighted by atomic mass is 32.2. The van der Waals surface area contributed by atoms with Crippen LogP contribution in [0.3, 0.4) is 0 Å². The maximum atomic E-state index is 13.4. The topological polar surface area (TPSA) is 99.1 Å². The Morgan fingerprint density at radius 1 is 1.14 bits per heavy atom. The van der Waals surface area contributed by atoms with Crippen LogP contribution < -0.4 is 10.3 Å². The van der Waals surface area contributed by atoms with Gasteiger partial charge in [-0.25, -0.2) is 12.8 Å². The molecule has 2 aromatic carbocycles. The second-order valence-corrected chi connectivity index (χ2v) is 5.86. The van der Waals surface area contributed by atoms with E-state index in [1.54, 1.807) is 0 Å². The Bertz CT molecular complexity index is 860. The molecular formula is C14H10FN3O3S. The van der Waals surface area contributed by atoms with E-state index in [0.29, 0.717) is 0 Å². The van der Waals surface area contributed by atoms with Crippen molar-refractivity contribution >= 4 is 15.9 Å². The second kappa shape index (κ2) is 6.34. The van der Waals surface area contributed by atoms with Crippen LogP contribution in [0, 0.1) is 17.1 Å². The van der Waals surface area contributed by atoms with Gasteiger partial charge in [0.1, 0.15) is 5.82 Å². The lowest BCUT2D eigenvalue weighted by Crippen LogP contribution is -2.41. The minimum atomic E-state index is -4.06. The van der Waals surface area contributed by atoms with E-state index < -0.39 is 21.7 Å². The summed E-state index contributed by atoms with van der Waals surface area (Å²) in [5, 5.41) is 8.75. The van der Waals surface area contributed by atoms with Crippen LogP contribution in [0.5, 0.6) is 0 Å². The number of rotatable bonds is 4. The largest absolute Gasteiger partial charge is 0.273 e. The fourth-order valence-electron chi connectivity index (χ4n) is 1.62. The number of hydrogen-bond acceptors (Lipinski definition) is 4. The number of nitrogens with one attached hydrogen (secondary N) is 2. The van der Waals surface area contributed by atoms with Gasteiger partial charge in [0, 0.05) is 0 Å². The monoisotopic (exact) mass is 319 g/mol. The number of nitriles is 1. The molecule has 0 fully saturated rings. The first-order valence-electron chi connectivity index (χ1n) is 6.01. The number of carbonyl (C=O) groups excluding carboxylic acids is 1. The summed E-state index contributed by atoms with van der Waals surface area (Å²) in [6.45, 7) is 0. The van der Waals surface area contributed by atoms with Crippen LogP contribution in [-0.4, -0.2) is 14.3 Å². The number of halogens is 1. The molecule has 0 bridgehead atoms. The first-order valence-corrected chi connectivity index (χ1v) is 7.49. The van der Waals surface area contributed by atoms with Gasteiger partial charge >= 0.3 is 0 Å². The normalized spacial score (nSPS) is 10.7. The average Bonchev–Trinajstić information content (AvgIpc) is 2.53. The highest BCUT2D eigenvalue weighted by Gasteiger charge is 2.17. The number of nitrogens with zero attached hydrogens (tertiary/aromatic N) is 1. The Morgan fingerprint density at radius 3 is 2.55 bits per heavy atom. The number of hydrazine groups is 1. The van der Waals surface area contributed by atoms with Gasteiger partial charge in [0.15, 0.2) is 0 Å². The number of benzene rings is 2. The summed E-state index contributed by atoms with van der Waals surface area (Å²) in [5.74, 6) is -1.70. The standard InChI is InChI=1S/C14H10FN3O3S/c15-13-7-2-1-6-12(13)14(19)17-18-22(20,21)11-5-3-4-10(8-11)9-16/h1-8,18H,(H,17,19). The SMILES string of the molecule is N#Cc1cccc(S(=O)(=O)NNC(=O)c2ccccc2F)c1. The Morgan fingerprint density at radius 2 is 1.86 bits per heavy atom. The molecule has 0 saturated heterocycles. The molecular weight excluding hydrogens is 309 g/mol. The summed E-state index contributed by atoms with van der Waals surface area (Å²) in [4.78, 5) is 13.4. The molecule has 2 N–H and O–H groups in total. The summed E-state index contributed by atoms with van der Waals surface area (Å²) in [7, 11) is -4.06. The Labute approximate surface area is 126 Å². The Hall–Kier alpha value is -2.76. The smallest absolute Gasteiger partial charge is 0.269 e. The number of sulfonamides is 1. The molecule has 6 nitrogen and oxygen atoms in total. The molecule has 0 heterocycles. The third-order valence-electron chi connectivity index (χ3n) is 2.69. The fraction of sp³-hybridized carbons (Fsp3) is 0. The van der Waals surface area contributed by atoms with Gasteiger partial charge in [-0.2, -0.15) is 5.26 Å². The number of carbonyl (C=O) groups is 1. The average molecular weight is 319 g/mol. The molecule has 2 aromatic rings. The van der Waals surface area contributed by atoms with Gasteiger partial charge in [-0.05, 0) is 30.3 Å². The summed E-state index contributed by atoms with van der Waals surface area (Å²) >= 11 is 0. The second-order valence-electron chi connectivity index (χ2n) is 4.18. The zero-order valence-electron chi connectivity index (χ0n) is 11.1. The van der Waals surface area contributed by atoms with E-state index in [1.807, 2.05) is 16.3 Å². The summed E-state index contributed by atoms with van der Waals surface area (Å²) in [6.07, 6.45) is 0. The molecule has 0 saturated carbocycles. The molecule has 8 heteroatoms. The summed E-state index contributed by atoms with van der Waals surface area (Å²) in [5.41, 5.74) is 1.78. The van der Waals surface area contributed by atoms with Crippen LogP contribution >= 0.6 is 0 Å². The summed E-state index contributed by atoms with van der Waals surface area (Å²) in [6, 6.07) is 12.2. The van der Waals surface area contributed by atoms with Crippen molar-refractivity contribution in [1.29, 1.82) is 5.26 Å². The molecule has 112 valence electrons. The zero-order valence-corrected chi connectivity index (χ0v) is 11.9. The zero-order chi connectivity index (χ0) is 16.2. The van der Waals surface area contributed by atoms with E-state index >= 15 is 0 Å². The van der Waals surface area contributed by atoms with E-state index in [2.05, 4.69) is 0 Å². The van der Waals surface area contributed by atoms with Crippen molar-refractivity contribution in [3.8, 4) is 6.07 Å². The van der Waals surface area contributed by atoms with Crippen LogP contribution in [0.2, 0.25) is 0 Å². The van der Waals surface area contributed by atoms with E-state index in [4.69, 9.17) is 5.26 Å². The van der Waals surface area contributed by atoms with Gasteiger partial charge in [0.2, 0.25) is 0 Å². The molecule has 0 spiro atoms. The van der Waals surface area contributed by atoms with Gasteiger partial charge in [0.05, 0.1) is 22.1 Å². The summed E-state index contributed by atoms with van der Waals surface area (Å²) < 4.78 is 37.4. The molecule has 1 amide bonds. The highest BCUT2D eigenvalue weighted by molar-refractivity contribution is 7.89. The van der Waals surface area contributed by atoms with E-state index in [-0.39, 0.29) is 16.0 Å². The van der Waals surface area contributed by atoms with Gasteiger partial charge in [0.25, 0.3) is 15.9 Å². The third-order valence-corrected chi connectivity index (χ3v) is 3.94. The molecule has 0 aliphatic rings. The minimum Gasteiger partial charge on any atom is -0.273 e. The van der Waals surface area contributed by atoms with Gasteiger partial charge < -0.3 is 0 Å². The molecule has 22 heavy (non-hydrogen) atoms. The number of amides is 1. The maximum Gasteiger partial charge on any atom is 0.269 e. The maximum absolute atomic E-state index is 13.4. The molecule has 0 radical (unpaired) electrons. The Balaban J connectivity index is 2.15. The molecule has 0 unspecified atom stereocenters.